The van der Waals surface area contributed by atoms with Gasteiger partial charge in [-0.05, 0) is 42.8 Å². The number of unbranched alkanes of at least 4 members (excludes halogenated alkanes) is 1. The van der Waals surface area contributed by atoms with Crippen LogP contribution in [0.4, 0.5) is 0 Å². The van der Waals surface area contributed by atoms with E-state index in [0.717, 1.165) is 35.2 Å². The van der Waals surface area contributed by atoms with Crippen LogP contribution in [0.2, 0.25) is 5.02 Å². The van der Waals surface area contributed by atoms with Gasteiger partial charge < -0.3 is 9.72 Å². The monoisotopic (exact) mass is 406 g/mol. The first-order valence-electron chi connectivity index (χ1n) is 9.33. The van der Waals surface area contributed by atoms with Crippen molar-refractivity contribution in [3.8, 4) is 40.0 Å². The number of hydrogen-bond acceptors (Lipinski definition) is 6. The number of halogens is 1. The Hall–Kier alpha value is -3.32. The third-order valence-electron chi connectivity index (χ3n) is 4.29. The van der Waals surface area contributed by atoms with E-state index < -0.39 is 0 Å². The molecule has 4 rings (SSSR count). The summed E-state index contributed by atoms with van der Waals surface area (Å²) in [6, 6.07) is 11.6. The summed E-state index contributed by atoms with van der Waals surface area (Å²) in [5.41, 5.74) is 3.34. The lowest BCUT2D eigenvalue weighted by Gasteiger charge is -2.04. The molecule has 3 heterocycles. The standard InChI is InChI=1S/C21H19ClN6O/c1-2-3-10-29-21-24-12-16(13-25-21)18-9-6-15(11-23-18)20-26-19(27-28-20)14-4-7-17(22)8-5-14/h4-9,11-13H,2-3,10H2,1H3,(H,26,27,28). The number of nitrogens with zero attached hydrogens (tertiary/aromatic N) is 5. The first-order chi connectivity index (χ1) is 14.2. The van der Waals surface area contributed by atoms with Crippen LogP contribution in [0.3, 0.4) is 0 Å². The molecule has 3 aromatic heterocycles. The second kappa shape index (κ2) is 8.79. The van der Waals surface area contributed by atoms with Crippen molar-refractivity contribution in [3.05, 3.63) is 60.0 Å². The average Bonchev–Trinajstić information content (AvgIpc) is 3.25. The second-order valence-corrected chi connectivity index (χ2v) is 6.85. The van der Waals surface area contributed by atoms with Crippen molar-refractivity contribution in [2.45, 2.75) is 19.8 Å². The zero-order chi connectivity index (χ0) is 20.1. The van der Waals surface area contributed by atoms with Gasteiger partial charge in [0.15, 0.2) is 11.6 Å². The molecule has 1 aromatic carbocycles. The first-order valence-corrected chi connectivity index (χ1v) is 9.71. The van der Waals surface area contributed by atoms with Gasteiger partial charge in [-0.1, -0.05) is 24.9 Å². The zero-order valence-corrected chi connectivity index (χ0v) is 16.6. The summed E-state index contributed by atoms with van der Waals surface area (Å²) in [7, 11) is 0. The Bertz CT molecular complexity index is 1060. The summed E-state index contributed by atoms with van der Waals surface area (Å²) >= 11 is 5.93. The third kappa shape index (κ3) is 4.57. The van der Waals surface area contributed by atoms with E-state index >= 15 is 0 Å². The molecule has 4 aromatic rings. The Balaban J connectivity index is 1.47. The minimum atomic E-state index is 0.384. The molecule has 0 bridgehead atoms. The topological polar surface area (TPSA) is 89.5 Å². The van der Waals surface area contributed by atoms with Gasteiger partial charge in [-0.15, -0.1) is 10.2 Å². The molecular weight excluding hydrogens is 388 g/mol. The van der Waals surface area contributed by atoms with E-state index in [9.17, 15) is 0 Å². The van der Waals surface area contributed by atoms with Gasteiger partial charge in [-0.25, -0.2) is 9.97 Å². The maximum absolute atomic E-state index is 5.93. The van der Waals surface area contributed by atoms with Crippen LogP contribution in [0.15, 0.2) is 55.0 Å². The van der Waals surface area contributed by atoms with Crippen LogP contribution in [0, 0.1) is 0 Å². The van der Waals surface area contributed by atoms with Crippen LogP contribution >= 0.6 is 11.6 Å². The van der Waals surface area contributed by atoms with E-state index in [0.29, 0.717) is 29.3 Å². The normalized spacial score (nSPS) is 10.8. The number of aromatic amines is 1. The van der Waals surface area contributed by atoms with Crippen LogP contribution in [0.1, 0.15) is 19.8 Å². The smallest absolute Gasteiger partial charge is 0.316 e. The summed E-state index contributed by atoms with van der Waals surface area (Å²) in [6.45, 7) is 2.73. The number of H-pyrrole nitrogens is 1. The van der Waals surface area contributed by atoms with Gasteiger partial charge in [-0.3, -0.25) is 4.98 Å². The van der Waals surface area contributed by atoms with Crippen LogP contribution in [-0.4, -0.2) is 36.7 Å². The largest absolute Gasteiger partial charge is 0.463 e. The molecule has 0 saturated carbocycles. The van der Waals surface area contributed by atoms with Gasteiger partial charge in [0.2, 0.25) is 0 Å². The first kappa shape index (κ1) is 19.0. The molecule has 0 aliphatic carbocycles. The van der Waals surface area contributed by atoms with Crippen LogP contribution in [-0.2, 0) is 0 Å². The molecule has 1 N–H and O–H groups in total. The number of aromatic nitrogens is 6. The molecule has 0 saturated heterocycles. The molecule has 0 radical (unpaired) electrons. The summed E-state index contributed by atoms with van der Waals surface area (Å²) in [6.07, 6.45) is 7.22. The lowest BCUT2D eigenvalue weighted by atomic mass is 10.2. The van der Waals surface area contributed by atoms with Crippen molar-refractivity contribution >= 4 is 11.6 Å². The molecule has 0 aliphatic rings. The van der Waals surface area contributed by atoms with Crippen LogP contribution in [0.5, 0.6) is 6.01 Å². The number of ether oxygens (including phenoxy) is 1. The summed E-state index contributed by atoms with van der Waals surface area (Å²) in [5, 5.41) is 9.10. The van der Waals surface area contributed by atoms with Crippen LogP contribution in [0.25, 0.3) is 34.0 Å². The highest BCUT2D eigenvalue weighted by molar-refractivity contribution is 6.30. The number of rotatable bonds is 7. The SMILES string of the molecule is CCCCOc1ncc(-c2ccc(-c3nnc(-c4ccc(Cl)cc4)[nH]3)cn2)cn1. The maximum Gasteiger partial charge on any atom is 0.316 e. The van der Waals surface area contributed by atoms with Gasteiger partial charge in [0.1, 0.15) is 0 Å². The van der Waals surface area contributed by atoms with Crippen molar-refractivity contribution in [3.63, 3.8) is 0 Å². The van der Waals surface area contributed by atoms with Crippen molar-refractivity contribution in [2.24, 2.45) is 0 Å². The van der Waals surface area contributed by atoms with E-state index in [4.69, 9.17) is 16.3 Å². The minimum absolute atomic E-state index is 0.384. The highest BCUT2D eigenvalue weighted by atomic mass is 35.5. The Kier molecular flexibility index (Phi) is 5.76. The molecule has 0 unspecified atom stereocenters. The average molecular weight is 407 g/mol. The molecule has 0 aliphatic heterocycles. The molecule has 29 heavy (non-hydrogen) atoms. The molecule has 0 spiro atoms. The fraction of sp³-hybridized carbons (Fsp3) is 0.190. The highest BCUT2D eigenvalue weighted by Crippen LogP contribution is 2.23. The van der Waals surface area contributed by atoms with Gasteiger partial charge in [-0.2, -0.15) is 0 Å². The Labute approximate surface area is 173 Å². The lowest BCUT2D eigenvalue weighted by Crippen LogP contribution is -2.00. The zero-order valence-electron chi connectivity index (χ0n) is 15.8. The maximum atomic E-state index is 5.93. The molecule has 8 heteroatoms. The number of pyridine rings is 1. The summed E-state index contributed by atoms with van der Waals surface area (Å²) in [5.74, 6) is 1.32. The van der Waals surface area contributed by atoms with Gasteiger partial charge in [0, 0.05) is 40.3 Å². The van der Waals surface area contributed by atoms with Crippen molar-refractivity contribution in [2.75, 3.05) is 6.61 Å². The third-order valence-corrected chi connectivity index (χ3v) is 4.55. The quantitative estimate of drug-likeness (QED) is 0.442. The van der Waals surface area contributed by atoms with Gasteiger partial charge >= 0.3 is 6.01 Å². The summed E-state index contributed by atoms with van der Waals surface area (Å²) < 4.78 is 5.49. The number of benzene rings is 1. The molecule has 0 fully saturated rings. The highest BCUT2D eigenvalue weighted by Gasteiger charge is 2.09. The van der Waals surface area contributed by atoms with Crippen LogP contribution < -0.4 is 4.74 Å². The Morgan fingerprint density at radius 3 is 2.14 bits per heavy atom. The molecule has 7 nitrogen and oxygen atoms in total. The predicted octanol–water partition coefficient (Wildman–Crippen LogP) is 4.82. The molecule has 0 amide bonds. The van der Waals surface area contributed by atoms with E-state index in [1.165, 1.54) is 0 Å². The molecule has 146 valence electrons. The Morgan fingerprint density at radius 1 is 0.828 bits per heavy atom. The van der Waals surface area contributed by atoms with E-state index in [2.05, 4.69) is 37.1 Å². The van der Waals surface area contributed by atoms with Gasteiger partial charge in [0.05, 0.1) is 12.3 Å². The number of nitrogens with one attached hydrogen (secondary N) is 1. The van der Waals surface area contributed by atoms with Crippen molar-refractivity contribution in [1.29, 1.82) is 0 Å². The fourth-order valence-corrected chi connectivity index (χ4v) is 2.79. The lowest BCUT2D eigenvalue weighted by molar-refractivity contribution is 0.285. The van der Waals surface area contributed by atoms with E-state index in [1.54, 1.807) is 18.6 Å². The predicted molar refractivity (Wildman–Crippen MR) is 111 cm³/mol. The summed E-state index contributed by atoms with van der Waals surface area (Å²) in [4.78, 5) is 16.2. The fourth-order valence-electron chi connectivity index (χ4n) is 2.67. The second-order valence-electron chi connectivity index (χ2n) is 6.42. The minimum Gasteiger partial charge on any atom is -0.463 e. The van der Waals surface area contributed by atoms with E-state index in [-0.39, 0.29) is 0 Å². The van der Waals surface area contributed by atoms with Gasteiger partial charge in [0.25, 0.3) is 0 Å². The molecular formula is C21H19ClN6O. The number of hydrogen-bond donors (Lipinski definition) is 1. The van der Waals surface area contributed by atoms with Crippen molar-refractivity contribution < 1.29 is 4.74 Å². The van der Waals surface area contributed by atoms with Crippen molar-refractivity contribution in [1.82, 2.24) is 30.1 Å². The van der Waals surface area contributed by atoms with E-state index in [1.807, 2.05) is 36.4 Å². The molecule has 0 atom stereocenters. The Morgan fingerprint density at radius 2 is 1.48 bits per heavy atom.